The fraction of sp³-hybridized carbons (Fsp3) is 0.294. The van der Waals surface area contributed by atoms with Gasteiger partial charge >= 0.3 is 0 Å². The lowest BCUT2D eigenvalue weighted by Gasteiger charge is -2.09. The summed E-state index contributed by atoms with van der Waals surface area (Å²) in [6.07, 6.45) is 0. The lowest BCUT2D eigenvalue weighted by molar-refractivity contribution is 0.125. The maximum Gasteiger partial charge on any atom is 0.148 e. The molecule has 0 N–H and O–H groups in total. The Labute approximate surface area is 129 Å². The Bertz CT molecular complexity index is 679. The zero-order valence-electron chi connectivity index (χ0n) is 13.2. The Morgan fingerprint density at radius 3 is 2.73 bits per heavy atom. The molecule has 0 aliphatic carbocycles. The molecule has 0 aliphatic rings. The van der Waals surface area contributed by atoms with Crippen molar-refractivity contribution in [3.63, 3.8) is 0 Å². The maximum atomic E-state index is 13.8. The molecule has 4 nitrogen and oxygen atoms in total. The van der Waals surface area contributed by atoms with E-state index in [2.05, 4.69) is 10.1 Å². The lowest BCUT2D eigenvalue weighted by Crippen LogP contribution is -2.03. The predicted octanol–water partition coefficient (Wildman–Crippen LogP) is 3.79. The van der Waals surface area contributed by atoms with Crippen molar-refractivity contribution in [2.24, 2.45) is 5.16 Å². The first kappa shape index (κ1) is 15.9. The average molecular weight is 302 g/mol. The number of rotatable bonds is 5. The SMILES string of the molecule is COc1cccc(F)c1CO/N=C(\C)c1cc(C)cc(C)n1. The fourth-order valence-corrected chi connectivity index (χ4v) is 2.14. The molecule has 0 atom stereocenters. The van der Waals surface area contributed by atoms with E-state index in [1.54, 1.807) is 19.1 Å². The first-order valence-electron chi connectivity index (χ1n) is 6.95. The van der Waals surface area contributed by atoms with Crippen LogP contribution in [-0.2, 0) is 11.4 Å². The van der Waals surface area contributed by atoms with Crippen molar-refractivity contribution >= 4 is 5.71 Å². The van der Waals surface area contributed by atoms with E-state index in [9.17, 15) is 4.39 Å². The molecule has 1 aromatic heterocycles. The van der Waals surface area contributed by atoms with Crippen LogP contribution in [0.15, 0.2) is 35.5 Å². The molecule has 0 spiro atoms. The number of pyridine rings is 1. The molecular formula is C17H19FN2O2. The molecule has 0 unspecified atom stereocenters. The Kier molecular flexibility index (Phi) is 5.09. The summed E-state index contributed by atoms with van der Waals surface area (Å²) in [7, 11) is 1.49. The normalized spacial score (nSPS) is 11.4. The van der Waals surface area contributed by atoms with Gasteiger partial charge in [0.2, 0.25) is 0 Å². The van der Waals surface area contributed by atoms with Gasteiger partial charge in [-0.15, -0.1) is 0 Å². The van der Waals surface area contributed by atoms with Crippen molar-refractivity contribution in [2.45, 2.75) is 27.4 Å². The molecule has 22 heavy (non-hydrogen) atoms. The number of nitrogens with zero attached hydrogens (tertiary/aromatic N) is 2. The van der Waals surface area contributed by atoms with Gasteiger partial charge in [0.1, 0.15) is 23.9 Å². The van der Waals surface area contributed by atoms with Crippen molar-refractivity contribution < 1.29 is 14.0 Å². The summed E-state index contributed by atoms with van der Waals surface area (Å²) in [5.41, 5.74) is 3.75. The van der Waals surface area contributed by atoms with Crippen LogP contribution in [-0.4, -0.2) is 17.8 Å². The van der Waals surface area contributed by atoms with Crippen LogP contribution in [0.2, 0.25) is 0 Å². The van der Waals surface area contributed by atoms with Gasteiger partial charge in [-0.3, -0.25) is 4.98 Å². The van der Waals surface area contributed by atoms with E-state index in [0.717, 1.165) is 17.0 Å². The molecule has 0 saturated carbocycles. The highest BCUT2D eigenvalue weighted by atomic mass is 19.1. The smallest absolute Gasteiger partial charge is 0.148 e. The van der Waals surface area contributed by atoms with E-state index < -0.39 is 0 Å². The number of hydrogen-bond donors (Lipinski definition) is 0. The van der Waals surface area contributed by atoms with E-state index in [0.29, 0.717) is 17.0 Å². The number of aryl methyl sites for hydroxylation is 2. The Morgan fingerprint density at radius 2 is 2.05 bits per heavy atom. The zero-order chi connectivity index (χ0) is 16.1. The topological polar surface area (TPSA) is 43.7 Å². The van der Waals surface area contributed by atoms with E-state index in [1.807, 2.05) is 26.0 Å². The van der Waals surface area contributed by atoms with Gasteiger partial charge in [-0.05, 0) is 50.6 Å². The molecule has 0 bridgehead atoms. The fourth-order valence-electron chi connectivity index (χ4n) is 2.14. The Hall–Kier alpha value is -2.43. The molecule has 2 aromatic rings. The van der Waals surface area contributed by atoms with E-state index in [1.165, 1.54) is 13.2 Å². The molecule has 2 rings (SSSR count). The molecule has 0 saturated heterocycles. The summed E-state index contributed by atoms with van der Waals surface area (Å²) >= 11 is 0. The van der Waals surface area contributed by atoms with Gasteiger partial charge in [0.05, 0.1) is 18.4 Å². The van der Waals surface area contributed by atoms with Gasteiger partial charge in [0.15, 0.2) is 0 Å². The number of benzene rings is 1. The molecule has 1 aromatic carbocycles. The number of ether oxygens (including phenoxy) is 1. The summed E-state index contributed by atoms with van der Waals surface area (Å²) in [5, 5.41) is 4.02. The Morgan fingerprint density at radius 1 is 1.27 bits per heavy atom. The van der Waals surface area contributed by atoms with Gasteiger partial charge in [0, 0.05) is 5.69 Å². The van der Waals surface area contributed by atoms with Crippen LogP contribution in [0.3, 0.4) is 0 Å². The van der Waals surface area contributed by atoms with Crippen LogP contribution in [0.1, 0.15) is 29.4 Å². The summed E-state index contributed by atoms with van der Waals surface area (Å²) in [6, 6.07) is 8.55. The zero-order valence-corrected chi connectivity index (χ0v) is 13.2. The number of oxime groups is 1. The van der Waals surface area contributed by atoms with E-state index in [4.69, 9.17) is 9.57 Å². The van der Waals surface area contributed by atoms with Crippen LogP contribution in [0.25, 0.3) is 0 Å². The summed E-state index contributed by atoms with van der Waals surface area (Å²) in [6.45, 7) is 5.73. The molecule has 0 radical (unpaired) electrons. The lowest BCUT2D eigenvalue weighted by atomic mass is 10.2. The highest BCUT2D eigenvalue weighted by Gasteiger charge is 2.09. The molecule has 0 aliphatic heterocycles. The quantitative estimate of drug-likeness (QED) is 0.623. The van der Waals surface area contributed by atoms with E-state index >= 15 is 0 Å². The number of methoxy groups -OCH3 is 1. The third-order valence-electron chi connectivity index (χ3n) is 3.17. The molecule has 0 fully saturated rings. The minimum absolute atomic E-state index is 0.00200. The van der Waals surface area contributed by atoms with Gasteiger partial charge in [-0.2, -0.15) is 0 Å². The summed E-state index contributed by atoms with van der Waals surface area (Å²) in [4.78, 5) is 9.67. The predicted molar refractivity (Wildman–Crippen MR) is 83.7 cm³/mol. The van der Waals surface area contributed by atoms with Crippen molar-refractivity contribution in [1.29, 1.82) is 0 Å². The van der Waals surface area contributed by atoms with Crippen molar-refractivity contribution in [3.8, 4) is 5.75 Å². The first-order chi connectivity index (χ1) is 10.5. The Balaban J connectivity index is 2.12. The second kappa shape index (κ2) is 7.02. The van der Waals surface area contributed by atoms with Crippen LogP contribution in [0.4, 0.5) is 4.39 Å². The van der Waals surface area contributed by atoms with Crippen LogP contribution in [0, 0.1) is 19.7 Å². The van der Waals surface area contributed by atoms with Crippen LogP contribution >= 0.6 is 0 Å². The van der Waals surface area contributed by atoms with Crippen LogP contribution < -0.4 is 4.74 Å². The number of hydrogen-bond acceptors (Lipinski definition) is 4. The van der Waals surface area contributed by atoms with E-state index in [-0.39, 0.29) is 12.4 Å². The number of halogens is 1. The molecule has 0 amide bonds. The number of aromatic nitrogens is 1. The summed E-state index contributed by atoms with van der Waals surface area (Å²) < 4.78 is 18.9. The van der Waals surface area contributed by atoms with Crippen molar-refractivity contribution in [1.82, 2.24) is 4.98 Å². The van der Waals surface area contributed by atoms with Crippen molar-refractivity contribution in [2.75, 3.05) is 7.11 Å². The van der Waals surface area contributed by atoms with Crippen LogP contribution in [0.5, 0.6) is 5.75 Å². The third kappa shape index (κ3) is 3.81. The van der Waals surface area contributed by atoms with Gasteiger partial charge < -0.3 is 9.57 Å². The minimum atomic E-state index is -0.378. The first-order valence-corrected chi connectivity index (χ1v) is 6.95. The van der Waals surface area contributed by atoms with Gasteiger partial charge in [-0.25, -0.2) is 4.39 Å². The average Bonchev–Trinajstić information content (AvgIpc) is 2.47. The van der Waals surface area contributed by atoms with Crippen molar-refractivity contribution in [3.05, 3.63) is 58.7 Å². The van der Waals surface area contributed by atoms with Gasteiger partial charge in [-0.1, -0.05) is 11.2 Å². The highest BCUT2D eigenvalue weighted by molar-refractivity contribution is 5.96. The third-order valence-corrected chi connectivity index (χ3v) is 3.17. The molecule has 5 heteroatoms. The highest BCUT2D eigenvalue weighted by Crippen LogP contribution is 2.22. The second-order valence-corrected chi connectivity index (χ2v) is 5.04. The molecule has 116 valence electrons. The molecular weight excluding hydrogens is 283 g/mol. The monoisotopic (exact) mass is 302 g/mol. The minimum Gasteiger partial charge on any atom is -0.496 e. The maximum absolute atomic E-state index is 13.8. The van der Waals surface area contributed by atoms with Gasteiger partial charge in [0.25, 0.3) is 0 Å². The largest absolute Gasteiger partial charge is 0.496 e. The molecule has 1 heterocycles. The summed E-state index contributed by atoms with van der Waals surface area (Å²) in [5.74, 6) is 0.0640. The standard InChI is InChI=1S/C17H19FN2O2/c1-11-8-12(2)19-16(9-11)13(3)20-22-10-14-15(18)6-5-7-17(14)21-4/h5-9H,10H2,1-4H3/b20-13+. The second-order valence-electron chi connectivity index (χ2n) is 5.04.